The zero-order valence-electron chi connectivity index (χ0n) is 17.8. The Morgan fingerprint density at radius 2 is 1.94 bits per heavy atom. The third-order valence-corrected chi connectivity index (χ3v) is 4.96. The number of amides is 1. The Hall–Kier alpha value is -2.94. The van der Waals surface area contributed by atoms with Crippen molar-refractivity contribution in [3.63, 3.8) is 0 Å². The third-order valence-electron chi connectivity index (χ3n) is 4.96. The van der Waals surface area contributed by atoms with Gasteiger partial charge in [0, 0.05) is 32.2 Å². The fraction of sp³-hybridized carbons (Fsp3) is 0.500. The predicted molar refractivity (Wildman–Crippen MR) is 116 cm³/mol. The van der Waals surface area contributed by atoms with Crippen LogP contribution in [0.4, 0.5) is 15.1 Å². The van der Waals surface area contributed by atoms with Gasteiger partial charge >= 0.3 is 6.09 Å². The molecule has 1 aromatic carbocycles. The second-order valence-electron chi connectivity index (χ2n) is 7.57. The smallest absolute Gasteiger partial charge is 0.407 e. The second-order valence-corrected chi connectivity index (χ2v) is 7.57. The maximum Gasteiger partial charge on any atom is 0.407 e. The molecule has 0 aliphatic carbocycles. The van der Waals surface area contributed by atoms with Crippen molar-refractivity contribution in [2.24, 2.45) is 0 Å². The number of alkyl halides is 1. The molecule has 0 bridgehead atoms. The summed E-state index contributed by atoms with van der Waals surface area (Å²) in [6.07, 6.45) is 4.14. The first kappa shape index (κ1) is 22.7. The average Bonchev–Trinajstić information content (AvgIpc) is 2.79. The van der Waals surface area contributed by atoms with Gasteiger partial charge in [-0.3, -0.25) is 4.90 Å². The minimum Gasteiger partial charge on any atom is -0.488 e. The number of hydrogen-bond donors (Lipinski definition) is 2. The SMILES string of the molecule is C[C@H](CNc1ncc(OCCF)cn1)NC(=O)OC1CCN(Cc2ccccc2)CC1. The summed E-state index contributed by atoms with van der Waals surface area (Å²) in [7, 11) is 0. The van der Waals surface area contributed by atoms with Gasteiger partial charge in [0.2, 0.25) is 5.95 Å². The second kappa shape index (κ2) is 12.0. The van der Waals surface area contributed by atoms with Crippen LogP contribution in [0.25, 0.3) is 0 Å². The highest BCUT2D eigenvalue weighted by Gasteiger charge is 2.23. The number of nitrogens with one attached hydrogen (secondary N) is 2. The molecular formula is C22H30FN5O3. The van der Waals surface area contributed by atoms with Crippen LogP contribution in [0.1, 0.15) is 25.3 Å². The summed E-state index contributed by atoms with van der Waals surface area (Å²) in [5, 5.41) is 5.87. The van der Waals surface area contributed by atoms with Gasteiger partial charge in [0.05, 0.1) is 12.4 Å². The van der Waals surface area contributed by atoms with Gasteiger partial charge in [-0.05, 0) is 25.3 Å². The van der Waals surface area contributed by atoms with Crippen LogP contribution in [0.15, 0.2) is 42.7 Å². The Morgan fingerprint density at radius 1 is 1.23 bits per heavy atom. The number of benzene rings is 1. The maximum atomic E-state index is 12.2. The van der Waals surface area contributed by atoms with Crippen molar-refractivity contribution < 1.29 is 18.7 Å². The highest BCUT2D eigenvalue weighted by atomic mass is 19.1. The van der Waals surface area contributed by atoms with E-state index in [-0.39, 0.29) is 18.8 Å². The Bertz CT molecular complexity index is 785. The van der Waals surface area contributed by atoms with Gasteiger partial charge in [0.25, 0.3) is 0 Å². The largest absolute Gasteiger partial charge is 0.488 e. The van der Waals surface area contributed by atoms with Crippen molar-refractivity contribution in [3.05, 3.63) is 48.3 Å². The summed E-state index contributed by atoms with van der Waals surface area (Å²) < 4.78 is 22.8. The molecule has 1 amide bonds. The van der Waals surface area contributed by atoms with Crippen LogP contribution in [-0.4, -0.2) is 66.0 Å². The number of carbonyl (C=O) groups is 1. The number of ether oxygens (including phenoxy) is 2. The molecule has 1 aliphatic rings. The normalized spacial score (nSPS) is 15.8. The standard InChI is InChI=1S/C22H30FN5O3/c1-17(13-24-21-25-14-20(15-26-21)30-12-9-23)27-22(29)31-19-7-10-28(11-8-19)16-18-5-3-2-4-6-18/h2-6,14-15,17,19H,7-13,16H2,1H3,(H,27,29)(H,24,25,26)/t17-/m1/s1. The molecule has 3 rings (SSSR count). The first-order chi connectivity index (χ1) is 15.1. The number of likely N-dealkylation sites (tertiary alicyclic amines) is 1. The van der Waals surface area contributed by atoms with E-state index in [2.05, 4.69) is 49.8 Å². The van der Waals surface area contributed by atoms with Crippen molar-refractivity contribution in [1.82, 2.24) is 20.2 Å². The van der Waals surface area contributed by atoms with Gasteiger partial charge in [-0.1, -0.05) is 30.3 Å². The number of anilines is 1. The summed E-state index contributed by atoms with van der Waals surface area (Å²) in [5.74, 6) is 0.813. The van der Waals surface area contributed by atoms with Crippen LogP contribution < -0.4 is 15.4 Å². The zero-order valence-corrected chi connectivity index (χ0v) is 17.8. The topological polar surface area (TPSA) is 88.6 Å². The van der Waals surface area contributed by atoms with E-state index in [1.165, 1.54) is 18.0 Å². The minimum atomic E-state index is -0.563. The van der Waals surface area contributed by atoms with Crippen molar-refractivity contribution in [3.8, 4) is 5.75 Å². The molecule has 1 atom stereocenters. The Kier molecular flexibility index (Phi) is 8.84. The fourth-order valence-corrected chi connectivity index (χ4v) is 3.35. The molecule has 0 unspecified atom stereocenters. The van der Waals surface area contributed by atoms with Crippen molar-refractivity contribution in [2.45, 2.75) is 38.5 Å². The number of rotatable bonds is 10. The van der Waals surface area contributed by atoms with Crippen LogP contribution >= 0.6 is 0 Å². The number of aromatic nitrogens is 2. The molecule has 2 aromatic rings. The van der Waals surface area contributed by atoms with E-state index in [4.69, 9.17) is 9.47 Å². The number of piperidine rings is 1. The third kappa shape index (κ3) is 8.01. The summed E-state index contributed by atoms with van der Waals surface area (Å²) in [4.78, 5) is 22.8. The summed E-state index contributed by atoms with van der Waals surface area (Å²) in [6.45, 7) is 4.47. The van der Waals surface area contributed by atoms with Crippen LogP contribution in [0.3, 0.4) is 0 Å². The lowest BCUT2D eigenvalue weighted by atomic mass is 10.1. The molecule has 0 saturated carbocycles. The first-order valence-electron chi connectivity index (χ1n) is 10.6. The van der Waals surface area contributed by atoms with Crippen LogP contribution in [0, 0.1) is 0 Å². The van der Waals surface area contributed by atoms with Gasteiger partial charge < -0.3 is 20.1 Å². The lowest BCUT2D eigenvalue weighted by Gasteiger charge is -2.31. The molecule has 2 heterocycles. The van der Waals surface area contributed by atoms with E-state index in [9.17, 15) is 9.18 Å². The Morgan fingerprint density at radius 3 is 2.61 bits per heavy atom. The van der Waals surface area contributed by atoms with E-state index in [1.54, 1.807) is 0 Å². The van der Waals surface area contributed by atoms with Gasteiger partial charge in [0.1, 0.15) is 19.4 Å². The molecule has 9 heteroatoms. The fourth-order valence-electron chi connectivity index (χ4n) is 3.35. The zero-order chi connectivity index (χ0) is 21.9. The first-order valence-corrected chi connectivity index (χ1v) is 10.6. The number of hydrogen-bond acceptors (Lipinski definition) is 7. The summed E-state index contributed by atoms with van der Waals surface area (Å²) >= 11 is 0. The van der Waals surface area contributed by atoms with Crippen LogP contribution in [0.5, 0.6) is 5.75 Å². The summed E-state index contributed by atoms with van der Waals surface area (Å²) in [5.41, 5.74) is 1.30. The molecule has 8 nitrogen and oxygen atoms in total. The number of alkyl carbamates (subject to hydrolysis) is 1. The van der Waals surface area contributed by atoms with Crippen molar-refractivity contribution >= 4 is 12.0 Å². The van der Waals surface area contributed by atoms with Crippen molar-refractivity contribution in [2.75, 3.05) is 38.2 Å². The van der Waals surface area contributed by atoms with E-state index >= 15 is 0 Å². The highest BCUT2D eigenvalue weighted by Crippen LogP contribution is 2.16. The van der Waals surface area contributed by atoms with Gasteiger partial charge in [-0.25, -0.2) is 19.2 Å². The molecule has 1 aliphatic heterocycles. The predicted octanol–water partition coefficient (Wildman–Crippen LogP) is 3.02. The molecule has 1 fully saturated rings. The average molecular weight is 432 g/mol. The van der Waals surface area contributed by atoms with Gasteiger partial charge in [0.15, 0.2) is 5.75 Å². The number of nitrogens with zero attached hydrogens (tertiary/aromatic N) is 3. The molecule has 1 saturated heterocycles. The van der Waals surface area contributed by atoms with E-state index in [0.29, 0.717) is 18.2 Å². The van der Waals surface area contributed by atoms with E-state index < -0.39 is 12.8 Å². The van der Waals surface area contributed by atoms with Gasteiger partial charge in [-0.15, -0.1) is 0 Å². The van der Waals surface area contributed by atoms with Gasteiger partial charge in [-0.2, -0.15) is 0 Å². The maximum absolute atomic E-state index is 12.2. The number of halogens is 1. The molecular weight excluding hydrogens is 401 g/mol. The van der Waals surface area contributed by atoms with E-state index in [0.717, 1.165) is 32.5 Å². The highest BCUT2D eigenvalue weighted by molar-refractivity contribution is 5.67. The lowest BCUT2D eigenvalue weighted by molar-refractivity contribution is 0.0475. The quantitative estimate of drug-likeness (QED) is 0.598. The molecule has 2 N–H and O–H groups in total. The Balaban J connectivity index is 1.31. The summed E-state index contributed by atoms with van der Waals surface area (Å²) in [6, 6.07) is 10.2. The van der Waals surface area contributed by atoms with Crippen molar-refractivity contribution in [1.29, 1.82) is 0 Å². The molecule has 31 heavy (non-hydrogen) atoms. The monoisotopic (exact) mass is 431 g/mol. The lowest BCUT2D eigenvalue weighted by Crippen LogP contribution is -2.42. The minimum absolute atomic E-state index is 0.0226. The number of carbonyl (C=O) groups excluding carboxylic acids is 1. The molecule has 168 valence electrons. The molecule has 1 aromatic heterocycles. The van der Waals surface area contributed by atoms with E-state index in [1.807, 2.05) is 13.0 Å². The molecule has 0 radical (unpaired) electrons. The van der Waals surface area contributed by atoms with Crippen LogP contribution in [0.2, 0.25) is 0 Å². The molecule has 0 spiro atoms. The van der Waals surface area contributed by atoms with Crippen LogP contribution in [-0.2, 0) is 11.3 Å². The Labute approximate surface area is 182 Å².